The van der Waals surface area contributed by atoms with Crippen molar-refractivity contribution in [2.45, 2.75) is 72.1 Å². The van der Waals surface area contributed by atoms with Crippen LogP contribution in [0.15, 0.2) is 29.3 Å². The molecule has 2 aromatic rings. The summed E-state index contributed by atoms with van der Waals surface area (Å²) in [6.07, 6.45) is 6.96. The summed E-state index contributed by atoms with van der Waals surface area (Å²) in [4.78, 5) is 16.9. The number of esters is 1. The van der Waals surface area contributed by atoms with Crippen molar-refractivity contribution in [1.82, 2.24) is 9.78 Å². The first kappa shape index (κ1) is 25.7. The molecule has 6 heteroatoms. The number of aliphatic imine (C=N–C) groups is 1. The van der Waals surface area contributed by atoms with Gasteiger partial charge in [0, 0.05) is 31.4 Å². The number of hydrogen-bond acceptors (Lipinski definition) is 5. The molecule has 184 valence electrons. The number of benzene rings is 1. The van der Waals surface area contributed by atoms with Crippen LogP contribution < -0.4 is 0 Å². The first-order valence-electron chi connectivity index (χ1n) is 12.2. The van der Waals surface area contributed by atoms with Crippen molar-refractivity contribution in [3.05, 3.63) is 52.3 Å². The third-order valence-electron chi connectivity index (χ3n) is 6.64. The van der Waals surface area contributed by atoms with Crippen molar-refractivity contribution in [2.75, 3.05) is 13.8 Å². The molecule has 0 spiro atoms. The Hall–Kier alpha value is -2.89. The summed E-state index contributed by atoms with van der Waals surface area (Å²) in [5.41, 5.74) is 5.90. The molecule has 0 aliphatic heterocycles. The summed E-state index contributed by atoms with van der Waals surface area (Å²) in [5.74, 6) is 0.412. The van der Waals surface area contributed by atoms with E-state index in [1.807, 2.05) is 25.6 Å². The number of ether oxygens (including phenoxy) is 2. The van der Waals surface area contributed by atoms with Gasteiger partial charge in [0.15, 0.2) is 5.76 Å². The number of rotatable bonds is 7. The number of carbonyl (C=O) groups is 1. The van der Waals surface area contributed by atoms with Crippen molar-refractivity contribution in [1.29, 1.82) is 0 Å². The second kappa shape index (κ2) is 11.0. The third kappa shape index (κ3) is 5.96. The number of allylic oxidation sites excluding steroid dienone is 1. The zero-order valence-corrected chi connectivity index (χ0v) is 21.8. The van der Waals surface area contributed by atoms with E-state index in [1.54, 1.807) is 13.3 Å². The summed E-state index contributed by atoms with van der Waals surface area (Å²) < 4.78 is 13.6. The topological polar surface area (TPSA) is 65.7 Å². The zero-order valence-electron chi connectivity index (χ0n) is 21.8. The van der Waals surface area contributed by atoms with Crippen LogP contribution in [0.4, 0.5) is 0 Å². The second-order valence-electron chi connectivity index (χ2n) is 10.2. The van der Waals surface area contributed by atoms with Crippen LogP contribution in [-0.4, -0.2) is 35.8 Å². The van der Waals surface area contributed by atoms with Crippen molar-refractivity contribution in [3.63, 3.8) is 0 Å². The van der Waals surface area contributed by atoms with Crippen LogP contribution in [-0.2, 0) is 26.7 Å². The molecule has 1 aromatic carbocycles. The first-order chi connectivity index (χ1) is 16.1. The molecule has 1 fully saturated rings. The van der Waals surface area contributed by atoms with Gasteiger partial charge in [-0.1, -0.05) is 64.3 Å². The normalized spacial score (nSPS) is 16.0. The number of aryl methyl sites for hydroxylation is 2. The smallest absolute Gasteiger partial charge is 0.311 e. The summed E-state index contributed by atoms with van der Waals surface area (Å²) >= 11 is 0. The molecular formula is C28H39N3O3. The maximum Gasteiger partial charge on any atom is 0.311 e. The Bertz CT molecular complexity index is 1050. The van der Waals surface area contributed by atoms with E-state index in [1.165, 1.54) is 12.0 Å². The second-order valence-corrected chi connectivity index (χ2v) is 10.2. The van der Waals surface area contributed by atoms with Crippen LogP contribution in [0.2, 0.25) is 0 Å². The highest BCUT2D eigenvalue weighted by Crippen LogP contribution is 2.32. The highest BCUT2D eigenvalue weighted by molar-refractivity contribution is 6.18. The van der Waals surface area contributed by atoms with E-state index < -0.39 is 0 Å². The van der Waals surface area contributed by atoms with Gasteiger partial charge < -0.3 is 9.47 Å². The van der Waals surface area contributed by atoms with Crippen LogP contribution in [0, 0.1) is 19.8 Å². The monoisotopic (exact) mass is 465 g/mol. The maximum absolute atomic E-state index is 12.6. The molecule has 0 bridgehead atoms. The van der Waals surface area contributed by atoms with Crippen LogP contribution in [0.3, 0.4) is 0 Å². The van der Waals surface area contributed by atoms with Crippen molar-refractivity contribution >= 4 is 23.5 Å². The molecule has 1 heterocycles. The Morgan fingerprint density at radius 1 is 1.12 bits per heavy atom. The molecule has 1 aliphatic carbocycles. The molecular weight excluding hydrogens is 426 g/mol. The van der Waals surface area contributed by atoms with Gasteiger partial charge in [-0.25, -0.2) is 0 Å². The van der Waals surface area contributed by atoms with Crippen LogP contribution in [0.1, 0.15) is 81.0 Å². The third-order valence-corrected chi connectivity index (χ3v) is 6.64. The van der Waals surface area contributed by atoms with E-state index in [9.17, 15) is 4.79 Å². The van der Waals surface area contributed by atoms with Gasteiger partial charge in [0.05, 0.1) is 11.6 Å². The van der Waals surface area contributed by atoms with E-state index in [-0.39, 0.29) is 24.1 Å². The number of hydrogen-bond donors (Lipinski definition) is 0. The lowest BCUT2D eigenvalue weighted by Gasteiger charge is -2.21. The minimum Gasteiger partial charge on any atom is -0.454 e. The number of nitrogens with zero attached hydrogens (tertiary/aromatic N) is 3. The molecule has 0 radical (unpaired) electrons. The van der Waals surface area contributed by atoms with E-state index in [0.717, 1.165) is 53.8 Å². The minimum atomic E-state index is -0.169. The van der Waals surface area contributed by atoms with Gasteiger partial charge in [-0.05, 0) is 43.2 Å². The van der Waals surface area contributed by atoms with Gasteiger partial charge >= 0.3 is 5.97 Å². The molecule has 34 heavy (non-hydrogen) atoms. The van der Waals surface area contributed by atoms with E-state index >= 15 is 0 Å². The van der Waals surface area contributed by atoms with Crippen molar-refractivity contribution in [3.8, 4) is 0 Å². The average Bonchev–Trinajstić information content (AvgIpc) is 3.06. The Kier molecular flexibility index (Phi) is 8.34. The van der Waals surface area contributed by atoms with Gasteiger partial charge in [0.25, 0.3) is 0 Å². The Labute approximate surface area is 204 Å². The zero-order chi connectivity index (χ0) is 24.9. The number of carbonyl (C=O) groups excluding carboxylic acids is 1. The predicted octanol–water partition coefficient (Wildman–Crippen LogP) is 6.00. The van der Waals surface area contributed by atoms with E-state index in [4.69, 9.17) is 9.47 Å². The summed E-state index contributed by atoms with van der Waals surface area (Å²) in [5, 5.41) is 4.58. The fourth-order valence-electron chi connectivity index (χ4n) is 4.50. The Morgan fingerprint density at radius 2 is 1.76 bits per heavy atom. The summed E-state index contributed by atoms with van der Waals surface area (Å²) in [6, 6.07) is 8.46. The van der Waals surface area contributed by atoms with Crippen molar-refractivity contribution < 1.29 is 14.3 Å². The molecule has 6 nitrogen and oxygen atoms in total. The van der Waals surface area contributed by atoms with Crippen LogP contribution in [0.5, 0.6) is 0 Å². The molecule has 0 N–H and O–H groups in total. The highest BCUT2D eigenvalue weighted by Gasteiger charge is 2.24. The van der Waals surface area contributed by atoms with Gasteiger partial charge in [-0.2, -0.15) is 5.10 Å². The molecule has 0 saturated heterocycles. The molecule has 3 rings (SSSR count). The molecule has 0 atom stereocenters. The van der Waals surface area contributed by atoms with Gasteiger partial charge in [-0.3, -0.25) is 14.5 Å². The lowest BCUT2D eigenvalue weighted by Crippen LogP contribution is -2.21. The van der Waals surface area contributed by atoms with Gasteiger partial charge in [0.1, 0.15) is 5.69 Å². The summed E-state index contributed by atoms with van der Waals surface area (Å²) in [7, 11) is 3.64. The average molecular weight is 466 g/mol. The van der Waals surface area contributed by atoms with Crippen LogP contribution in [0.25, 0.3) is 11.3 Å². The maximum atomic E-state index is 12.6. The highest BCUT2D eigenvalue weighted by atomic mass is 16.7. The van der Waals surface area contributed by atoms with E-state index in [0.29, 0.717) is 5.76 Å². The van der Waals surface area contributed by atoms with E-state index in [2.05, 4.69) is 55.1 Å². The van der Waals surface area contributed by atoms with Gasteiger partial charge in [0.2, 0.25) is 6.79 Å². The number of aromatic nitrogens is 2. The first-order valence-corrected chi connectivity index (χ1v) is 12.2. The largest absolute Gasteiger partial charge is 0.454 e. The van der Waals surface area contributed by atoms with Crippen molar-refractivity contribution in [2.24, 2.45) is 18.0 Å². The quantitative estimate of drug-likeness (QED) is 0.218. The fourth-order valence-corrected chi connectivity index (χ4v) is 4.50. The Balaban J connectivity index is 1.98. The Morgan fingerprint density at radius 3 is 2.29 bits per heavy atom. The SMILES string of the molecule is C/N=C\C(=C(\OCOC(=O)C1CCCCC1)c1c(C)c(C)nn1C)c1ccc(C(C)(C)C)cc1. The van der Waals surface area contributed by atoms with Crippen LogP contribution >= 0.6 is 0 Å². The molecule has 0 amide bonds. The fraction of sp³-hybridized carbons (Fsp3) is 0.536. The molecule has 1 aromatic heterocycles. The van der Waals surface area contributed by atoms with Gasteiger partial charge in [-0.15, -0.1) is 0 Å². The lowest BCUT2D eigenvalue weighted by atomic mass is 9.86. The standard InChI is InChI=1S/C28H39N3O3/c1-19-20(2)30-31(7)25(19)26(33-18-34-27(32)22-11-9-8-10-12-22)24(17-29-6)21-13-15-23(16-14-21)28(3,4)5/h13-17,22H,8-12,18H2,1-7H3/b26-24-,29-17-. The minimum absolute atomic E-state index is 0.0212. The molecule has 1 aliphatic rings. The molecule has 1 saturated carbocycles. The summed E-state index contributed by atoms with van der Waals surface area (Å²) in [6.45, 7) is 10.5. The lowest BCUT2D eigenvalue weighted by molar-refractivity contribution is -0.157. The predicted molar refractivity (Wildman–Crippen MR) is 138 cm³/mol. The molecule has 0 unspecified atom stereocenters.